The number of rotatable bonds is 5. The first kappa shape index (κ1) is 31.3. The van der Waals surface area contributed by atoms with Gasteiger partial charge in [-0.25, -0.2) is 0 Å². The van der Waals surface area contributed by atoms with Crippen molar-refractivity contribution in [1.29, 1.82) is 0 Å². The fraction of sp³-hybridized carbons (Fsp3) is 0.273. The van der Waals surface area contributed by atoms with Gasteiger partial charge in [0.05, 0.1) is 11.4 Å². The minimum Gasteiger partial charge on any atom is -0.325 e. The van der Waals surface area contributed by atoms with E-state index in [1.165, 1.54) is 0 Å². The Balaban J connectivity index is 0. The van der Waals surface area contributed by atoms with E-state index in [0.717, 1.165) is 26.7 Å². The smallest absolute Gasteiger partial charge is 0.325 e. The van der Waals surface area contributed by atoms with Crippen LogP contribution in [0.15, 0.2) is 57.5 Å². The van der Waals surface area contributed by atoms with Gasteiger partial charge in [0.1, 0.15) is 0 Å². The SMILES string of the molecule is CCC(=O)Nc1ccccc1Br.CCC(C)C(=O)Nc1ccccc1Br.O=C=O.O=C=O. The van der Waals surface area contributed by atoms with Gasteiger partial charge in [-0.1, -0.05) is 45.0 Å². The lowest BCUT2D eigenvalue weighted by molar-refractivity contribution is -0.193. The maximum atomic E-state index is 11.6. The van der Waals surface area contributed by atoms with Gasteiger partial charge in [0, 0.05) is 21.3 Å². The number of hydrogen-bond acceptors (Lipinski definition) is 6. The Bertz CT molecular complexity index is 897. The van der Waals surface area contributed by atoms with Gasteiger partial charge in [-0.2, -0.15) is 19.2 Å². The molecule has 172 valence electrons. The Hall–Kier alpha value is -2.90. The summed E-state index contributed by atoms with van der Waals surface area (Å²) in [5.41, 5.74) is 1.65. The van der Waals surface area contributed by atoms with Crippen molar-refractivity contribution in [2.45, 2.75) is 33.6 Å². The summed E-state index contributed by atoms with van der Waals surface area (Å²) in [7, 11) is 0. The van der Waals surface area contributed by atoms with E-state index in [1.54, 1.807) is 0 Å². The van der Waals surface area contributed by atoms with Crippen LogP contribution in [-0.2, 0) is 28.8 Å². The van der Waals surface area contributed by atoms with Gasteiger partial charge in [0.2, 0.25) is 11.8 Å². The number of nitrogens with one attached hydrogen (secondary N) is 2. The van der Waals surface area contributed by atoms with E-state index < -0.39 is 0 Å². The molecule has 1 unspecified atom stereocenters. The molecule has 10 heteroatoms. The van der Waals surface area contributed by atoms with Crippen molar-refractivity contribution in [2.75, 3.05) is 10.6 Å². The number of para-hydroxylation sites is 2. The lowest BCUT2D eigenvalue weighted by atomic mass is 10.1. The van der Waals surface area contributed by atoms with Crippen LogP contribution in [0.4, 0.5) is 11.4 Å². The summed E-state index contributed by atoms with van der Waals surface area (Å²) >= 11 is 6.72. The maximum absolute atomic E-state index is 11.6. The number of carbonyl (C=O) groups is 2. The molecule has 0 bridgehead atoms. The quantitative estimate of drug-likeness (QED) is 0.516. The van der Waals surface area contributed by atoms with Crippen molar-refractivity contribution in [3.8, 4) is 0 Å². The minimum absolute atomic E-state index is 0.0295. The first-order chi connectivity index (χ1) is 15.2. The molecule has 32 heavy (non-hydrogen) atoms. The second-order valence-corrected chi connectivity index (χ2v) is 7.54. The van der Waals surface area contributed by atoms with E-state index in [-0.39, 0.29) is 30.0 Å². The topological polar surface area (TPSA) is 126 Å². The highest BCUT2D eigenvalue weighted by Crippen LogP contribution is 2.22. The normalized spacial score (nSPS) is 9.41. The highest BCUT2D eigenvalue weighted by molar-refractivity contribution is 9.11. The Labute approximate surface area is 203 Å². The zero-order valence-electron chi connectivity index (χ0n) is 17.8. The van der Waals surface area contributed by atoms with Crippen molar-refractivity contribution < 1.29 is 28.8 Å². The monoisotopic (exact) mass is 570 g/mol. The molecule has 0 aliphatic rings. The standard InChI is InChI=1S/C11H14BrNO.C9H10BrNO.2CO2/c1-3-8(2)11(14)13-10-7-5-4-6-9(10)12;1-2-9(12)11-8-6-4-3-5-7(8)10;2*2-1-3/h4-8H,3H2,1-2H3,(H,13,14);3-6H,2H2,1H3,(H,11,12);;. The number of hydrogen-bond donors (Lipinski definition) is 2. The summed E-state index contributed by atoms with van der Waals surface area (Å²) in [6, 6.07) is 15.2. The molecular formula is C22H24Br2N2O6. The molecule has 2 rings (SSSR count). The first-order valence-electron chi connectivity index (χ1n) is 9.30. The van der Waals surface area contributed by atoms with E-state index in [1.807, 2.05) is 69.3 Å². The summed E-state index contributed by atoms with van der Waals surface area (Å²) < 4.78 is 1.82. The van der Waals surface area contributed by atoms with Gasteiger partial charge in [-0.05, 0) is 62.5 Å². The van der Waals surface area contributed by atoms with Crippen molar-refractivity contribution in [3.05, 3.63) is 57.5 Å². The zero-order valence-corrected chi connectivity index (χ0v) is 21.0. The van der Waals surface area contributed by atoms with E-state index in [2.05, 4.69) is 42.5 Å². The molecule has 0 heterocycles. The van der Waals surface area contributed by atoms with Gasteiger partial charge in [-0.3, -0.25) is 9.59 Å². The second kappa shape index (κ2) is 20.0. The van der Waals surface area contributed by atoms with Crippen molar-refractivity contribution in [3.63, 3.8) is 0 Å². The molecule has 8 nitrogen and oxygen atoms in total. The molecule has 1 atom stereocenters. The molecule has 2 aromatic carbocycles. The van der Waals surface area contributed by atoms with Crippen LogP contribution in [0.25, 0.3) is 0 Å². The molecule has 0 aliphatic heterocycles. The van der Waals surface area contributed by atoms with E-state index >= 15 is 0 Å². The van der Waals surface area contributed by atoms with Crippen molar-refractivity contribution >= 4 is 67.4 Å². The number of carbonyl (C=O) groups excluding carboxylic acids is 6. The third kappa shape index (κ3) is 15.0. The van der Waals surface area contributed by atoms with Crippen LogP contribution in [-0.4, -0.2) is 24.1 Å². The highest BCUT2D eigenvalue weighted by Gasteiger charge is 2.11. The van der Waals surface area contributed by atoms with E-state index in [4.69, 9.17) is 19.2 Å². The van der Waals surface area contributed by atoms with E-state index in [0.29, 0.717) is 6.42 Å². The summed E-state index contributed by atoms with van der Waals surface area (Å²) in [5, 5.41) is 5.65. The molecule has 0 aromatic heterocycles. The van der Waals surface area contributed by atoms with Crippen LogP contribution in [0.1, 0.15) is 33.6 Å². The van der Waals surface area contributed by atoms with Crippen LogP contribution >= 0.6 is 31.9 Å². The predicted molar refractivity (Wildman–Crippen MR) is 125 cm³/mol. The Kier molecular flexibility index (Phi) is 19.6. The molecular weight excluding hydrogens is 548 g/mol. The first-order valence-corrected chi connectivity index (χ1v) is 10.9. The highest BCUT2D eigenvalue weighted by atomic mass is 79.9. The minimum atomic E-state index is 0.0295. The third-order valence-corrected chi connectivity index (χ3v) is 5.04. The molecule has 2 aromatic rings. The fourth-order valence-electron chi connectivity index (χ4n) is 1.81. The molecule has 0 aliphatic carbocycles. The summed E-state index contributed by atoms with van der Waals surface area (Å²) in [6.07, 6.45) is 1.86. The molecule has 0 saturated heterocycles. The Morgan fingerprint density at radius 1 is 0.812 bits per heavy atom. The number of benzene rings is 2. The number of amides is 2. The van der Waals surface area contributed by atoms with Crippen LogP contribution in [0.3, 0.4) is 0 Å². The predicted octanol–water partition coefficient (Wildman–Crippen LogP) is 5.06. The van der Waals surface area contributed by atoms with Gasteiger partial charge < -0.3 is 10.6 Å². The Morgan fingerprint density at radius 2 is 1.19 bits per heavy atom. The van der Waals surface area contributed by atoms with Gasteiger partial charge in [0.25, 0.3) is 0 Å². The summed E-state index contributed by atoms with van der Waals surface area (Å²) in [5.74, 6) is 0.156. The van der Waals surface area contributed by atoms with E-state index in [9.17, 15) is 9.59 Å². The van der Waals surface area contributed by atoms with Crippen LogP contribution in [0, 0.1) is 5.92 Å². The van der Waals surface area contributed by atoms with Crippen LogP contribution < -0.4 is 10.6 Å². The largest absolute Gasteiger partial charge is 0.373 e. The van der Waals surface area contributed by atoms with Gasteiger partial charge in [0.15, 0.2) is 0 Å². The fourth-order valence-corrected chi connectivity index (χ4v) is 2.57. The maximum Gasteiger partial charge on any atom is 0.373 e. The zero-order chi connectivity index (χ0) is 24.9. The lowest BCUT2D eigenvalue weighted by Crippen LogP contribution is -2.19. The van der Waals surface area contributed by atoms with Crippen LogP contribution in [0.2, 0.25) is 0 Å². The molecule has 0 spiro atoms. The average molecular weight is 572 g/mol. The third-order valence-electron chi connectivity index (χ3n) is 3.66. The van der Waals surface area contributed by atoms with Crippen molar-refractivity contribution in [2.24, 2.45) is 5.92 Å². The van der Waals surface area contributed by atoms with Crippen molar-refractivity contribution in [1.82, 2.24) is 0 Å². The summed E-state index contributed by atoms with van der Waals surface area (Å²) in [4.78, 5) is 55.1. The molecule has 2 N–H and O–H groups in total. The van der Waals surface area contributed by atoms with Gasteiger partial charge >= 0.3 is 12.3 Å². The lowest BCUT2D eigenvalue weighted by Gasteiger charge is -2.10. The molecule has 0 saturated carbocycles. The summed E-state index contributed by atoms with van der Waals surface area (Å²) in [6.45, 7) is 5.75. The molecule has 0 radical (unpaired) electrons. The Morgan fingerprint density at radius 3 is 1.53 bits per heavy atom. The number of anilines is 2. The number of halogens is 2. The van der Waals surface area contributed by atoms with Crippen LogP contribution in [0.5, 0.6) is 0 Å². The molecule has 2 amide bonds. The second-order valence-electron chi connectivity index (χ2n) is 5.83. The molecule has 0 fully saturated rings. The van der Waals surface area contributed by atoms with Gasteiger partial charge in [-0.15, -0.1) is 0 Å². The average Bonchev–Trinajstić information content (AvgIpc) is 2.77.